The van der Waals surface area contributed by atoms with E-state index in [1.807, 2.05) is 0 Å². The van der Waals surface area contributed by atoms with E-state index in [0.29, 0.717) is 17.6 Å². The lowest BCUT2D eigenvalue weighted by Gasteiger charge is -2.05. The van der Waals surface area contributed by atoms with Crippen LogP contribution in [-0.2, 0) is 4.79 Å². The number of aliphatic hydroxyl groups is 1. The minimum absolute atomic E-state index is 0.107. The summed E-state index contributed by atoms with van der Waals surface area (Å²) in [6.45, 7) is 1.62. The van der Waals surface area contributed by atoms with Gasteiger partial charge < -0.3 is 10.1 Å². The molecule has 2 heterocycles. The number of nitrogens with one attached hydrogen (secondary N) is 2. The third kappa shape index (κ3) is 2.93. The van der Waals surface area contributed by atoms with Gasteiger partial charge in [-0.25, -0.2) is 4.98 Å². The predicted octanol–water partition coefficient (Wildman–Crippen LogP) is 1.11. The second kappa shape index (κ2) is 5.28. The molecule has 0 fully saturated rings. The van der Waals surface area contributed by atoms with Gasteiger partial charge in [0, 0.05) is 6.42 Å². The molecule has 2 rings (SSSR count). The van der Waals surface area contributed by atoms with E-state index in [-0.39, 0.29) is 23.4 Å². The highest BCUT2D eigenvalue weighted by Crippen LogP contribution is 2.18. The summed E-state index contributed by atoms with van der Waals surface area (Å²) in [4.78, 5) is 26.2. The third-order valence-electron chi connectivity index (χ3n) is 2.28. The van der Waals surface area contributed by atoms with Crippen molar-refractivity contribution >= 4 is 34.6 Å². The summed E-state index contributed by atoms with van der Waals surface area (Å²) in [5, 5.41) is 11.8. The molecule has 0 saturated carbocycles. The van der Waals surface area contributed by atoms with Gasteiger partial charge in [0.15, 0.2) is 10.8 Å². The Labute approximate surface area is 108 Å². The molecule has 0 aliphatic rings. The van der Waals surface area contributed by atoms with E-state index in [0.717, 1.165) is 0 Å². The van der Waals surface area contributed by atoms with Crippen LogP contribution in [0.25, 0.3) is 11.2 Å². The standard InChI is InChI=1S/C10H12ClN5O2/c1-5(17)2-3-6(18)14-10-15-8(11)7-9(16-10)13-4-12-7/h4-5,17H,2-3H2,1H3,(H2,12,13,14,15,16,18). The number of nitrogens with zero attached hydrogens (tertiary/aromatic N) is 3. The lowest BCUT2D eigenvalue weighted by atomic mass is 10.2. The molecule has 0 aromatic carbocycles. The number of halogens is 1. The summed E-state index contributed by atoms with van der Waals surface area (Å²) in [6, 6.07) is 0. The first-order chi connectivity index (χ1) is 8.56. The Balaban J connectivity index is 2.09. The van der Waals surface area contributed by atoms with Gasteiger partial charge in [-0.15, -0.1) is 0 Å². The number of rotatable bonds is 4. The van der Waals surface area contributed by atoms with E-state index in [1.54, 1.807) is 6.92 Å². The smallest absolute Gasteiger partial charge is 0.233 e. The molecule has 0 bridgehead atoms. The molecule has 0 aliphatic carbocycles. The first kappa shape index (κ1) is 12.7. The number of carbonyl (C=O) groups excluding carboxylic acids is 1. The molecule has 8 heteroatoms. The Morgan fingerprint density at radius 3 is 3.11 bits per heavy atom. The number of H-pyrrole nitrogens is 1. The highest BCUT2D eigenvalue weighted by atomic mass is 35.5. The second-order valence-electron chi connectivity index (χ2n) is 3.88. The Morgan fingerprint density at radius 1 is 1.61 bits per heavy atom. The zero-order valence-electron chi connectivity index (χ0n) is 9.64. The maximum atomic E-state index is 11.5. The van der Waals surface area contributed by atoms with Crippen LogP contribution in [0, 0.1) is 0 Å². The van der Waals surface area contributed by atoms with Crippen LogP contribution in [0.15, 0.2) is 6.33 Å². The summed E-state index contributed by atoms with van der Waals surface area (Å²) in [7, 11) is 0. The Hall–Kier alpha value is -1.73. The number of anilines is 1. The van der Waals surface area contributed by atoms with Crippen molar-refractivity contribution in [2.75, 3.05) is 5.32 Å². The second-order valence-corrected chi connectivity index (χ2v) is 4.23. The number of hydrogen-bond acceptors (Lipinski definition) is 5. The van der Waals surface area contributed by atoms with Gasteiger partial charge in [-0.2, -0.15) is 9.97 Å². The predicted molar refractivity (Wildman–Crippen MR) is 66.2 cm³/mol. The van der Waals surface area contributed by atoms with Gasteiger partial charge in [0.25, 0.3) is 0 Å². The van der Waals surface area contributed by atoms with Crippen LogP contribution in [-0.4, -0.2) is 37.1 Å². The van der Waals surface area contributed by atoms with Crippen molar-refractivity contribution in [3.8, 4) is 0 Å². The molecule has 1 amide bonds. The van der Waals surface area contributed by atoms with Gasteiger partial charge in [-0.3, -0.25) is 10.1 Å². The fourth-order valence-corrected chi connectivity index (χ4v) is 1.60. The molecule has 2 aromatic heterocycles. The molecule has 2 aromatic rings. The first-order valence-electron chi connectivity index (χ1n) is 5.41. The largest absolute Gasteiger partial charge is 0.393 e. The fourth-order valence-electron chi connectivity index (χ4n) is 1.38. The number of carbonyl (C=O) groups is 1. The van der Waals surface area contributed by atoms with Gasteiger partial charge in [0.2, 0.25) is 11.9 Å². The monoisotopic (exact) mass is 269 g/mol. The third-order valence-corrected chi connectivity index (χ3v) is 2.56. The van der Waals surface area contributed by atoms with Crippen molar-refractivity contribution in [3.63, 3.8) is 0 Å². The molecule has 7 nitrogen and oxygen atoms in total. The maximum Gasteiger partial charge on any atom is 0.233 e. The van der Waals surface area contributed by atoms with Gasteiger partial charge >= 0.3 is 0 Å². The van der Waals surface area contributed by atoms with Crippen molar-refractivity contribution in [3.05, 3.63) is 11.5 Å². The number of imidazole rings is 1. The van der Waals surface area contributed by atoms with Crippen LogP contribution in [0.3, 0.4) is 0 Å². The van der Waals surface area contributed by atoms with E-state index in [1.165, 1.54) is 6.33 Å². The van der Waals surface area contributed by atoms with E-state index < -0.39 is 6.10 Å². The highest BCUT2D eigenvalue weighted by molar-refractivity contribution is 6.33. The van der Waals surface area contributed by atoms with Crippen LogP contribution in [0.5, 0.6) is 0 Å². The van der Waals surface area contributed by atoms with E-state index >= 15 is 0 Å². The molecule has 1 unspecified atom stereocenters. The van der Waals surface area contributed by atoms with Crippen molar-refractivity contribution < 1.29 is 9.90 Å². The fraction of sp³-hybridized carbons (Fsp3) is 0.400. The van der Waals surface area contributed by atoms with E-state index in [9.17, 15) is 4.79 Å². The zero-order chi connectivity index (χ0) is 13.1. The van der Waals surface area contributed by atoms with E-state index in [2.05, 4.69) is 25.3 Å². The average molecular weight is 270 g/mol. The van der Waals surface area contributed by atoms with Crippen LogP contribution in [0.4, 0.5) is 5.95 Å². The molecule has 18 heavy (non-hydrogen) atoms. The van der Waals surface area contributed by atoms with Crippen LogP contribution in [0.2, 0.25) is 5.15 Å². The van der Waals surface area contributed by atoms with Crippen LogP contribution in [0.1, 0.15) is 19.8 Å². The van der Waals surface area contributed by atoms with Gasteiger partial charge in [0.1, 0.15) is 5.52 Å². The van der Waals surface area contributed by atoms with Crippen molar-refractivity contribution in [2.24, 2.45) is 0 Å². The lowest BCUT2D eigenvalue weighted by molar-refractivity contribution is -0.116. The topological polar surface area (TPSA) is 104 Å². The minimum atomic E-state index is -0.519. The highest BCUT2D eigenvalue weighted by Gasteiger charge is 2.11. The van der Waals surface area contributed by atoms with Crippen LogP contribution >= 0.6 is 11.6 Å². The summed E-state index contributed by atoms with van der Waals surface area (Å²) < 4.78 is 0. The molecule has 96 valence electrons. The Kier molecular flexibility index (Phi) is 3.73. The summed E-state index contributed by atoms with van der Waals surface area (Å²) in [5.41, 5.74) is 0.916. The van der Waals surface area contributed by atoms with Gasteiger partial charge in [0.05, 0.1) is 12.4 Å². The molecule has 1 atom stereocenters. The normalized spacial score (nSPS) is 12.6. The van der Waals surface area contributed by atoms with Gasteiger partial charge in [-0.1, -0.05) is 11.6 Å². The van der Waals surface area contributed by atoms with Crippen LogP contribution < -0.4 is 5.32 Å². The zero-order valence-corrected chi connectivity index (χ0v) is 10.4. The molecule has 0 aliphatic heterocycles. The summed E-state index contributed by atoms with van der Waals surface area (Å²) in [6.07, 6.45) is 1.50. The number of amides is 1. The maximum absolute atomic E-state index is 11.5. The number of hydrogen-bond donors (Lipinski definition) is 3. The summed E-state index contributed by atoms with van der Waals surface area (Å²) in [5.74, 6) is -0.169. The van der Waals surface area contributed by atoms with Gasteiger partial charge in [-0.05, 0) is 13.3 Å². The number of aliphatic hydroxyl groups excluding tert-OH is 1. The SMILES string of the molecule is CC(O)CCC(=O)Nc1nc(Cl)c2[nH]cnc2n1. The summed E-state index contributed by atoms with van der Waals surface area (Å²) >= 11 is 5.90. The molecule has 0 spiro atoms. The quantitative estimate of drug-likeness (QED) is 0.721. The molecular weight excluding hydrogens is 258 g/mol. The van der Waals surface area contributed by atoms with Crippen molar-refractivity contribution in [1.82, 2.24) is 19.9 Å². The minimum Gasteiger partial charge on any atom is -0.393 e. The van der Waals surface area contributed by atoms with E-state index in [4.69, 9.17) is 16.7 Å². The average Bonchev–Trinajstić information content (AvgIpc) is 2.75. The van der Waals surface area contributed by atoms with Crippen molar-refractivity contribution in [2.45, 2.75) is 25.9 Å². The number of fused-ring (bicyclic) bond motifs is 1. The molecule has 0 saturated heterocycles. The first-order valence-corrected chi connectivity index (χ1v) is 5.78. The Bertz CT molecular complexity index is 568. The number of aromatic amines is 1. The Morgan fingerprint density at radius 2 is 2.39 bits per heavy atom. The molecular formula is C10H12ClN5O2. The molecule has 3 N–H and O–H groups in total. The lowest BCUT2D eigenvalue weighted by Crippen LogP contribution is -2.16. The number of aromatic nitrogens is 4. The van der Waals surface area contributed by atoms with Crippen molar-refractivity contribution in [1.29, 1.82) is 0 Å². The molecule has 0 radical (unpaired) electrons.